The van der Waals surface area contributed by atoms with Crippen LogP contribution in [0.3, 0.4) is 0 Å². The molecule has 5 heterocycles. The van der Waals surface area contributed by atoms with Crippen molar-refractivity contribution in [2.75, 3.05) is 30.4 Å². The van der Waals surface area contributed by atoms with Crippen molar-refractivity contribution in [1.29, 1.82) is 0 Å². The number of allylic oxidation sites excluding steroid dienone is 4. The molecule has 0 radical (unpaired) electrons. The molecule has 1 saturated heterocycles. The molecule has 4 aromatic heterocycles. The average Bonchev–Trinajstić information content (AvgIpc) is 2.95. The third-order valence-corrected chi connectivity index (χ3v) is 8.20. The van der Waals surface area contributed by atoms with Gasteiger partial charge in [0.1, 0.15) is 17.5 Å². The summed E-state index contributed by atoms with van der Waals surface area (Å²) in [5.74, 6) is 2.98. The molecule has 204 valence electrons. The van der Waals surface area contributed by atoms with Crippen molar-refractivity contribution in [2.24, 2.45) is 5.41 Å². The van der Waals surface area contributed by atoms with Crippen molar-refractivity contribution in [3.8, 4) is 11.4 Å². The normalized spacial score (nSPS) is 17.7. The van der Waals surface area contributed by atoms with Gasteiger partial charge in [0.25, 0.3) is 0 Å². The van der Waals surface area contributed by atoms with Crippen LogP contribution in [0.25, 0.3) is 38.8 Å². The first-order valence-electron chi connectivity index (χ1n) is 14.0. The number of nitrogens with zero attached hydrogens (tertiary/aromatic N) is 6. The first kappa shape index (κ1) is 25.3. The molecule has 0 saturated carbocycles. The predicted molar refractivity (Wildman–Crippen MR) is 166 cm³/mol. The quantitative estimate of drug-likeness (QED) is 0.265. The number of anilines is 3. The summed E-state index contributed by atoms with van der Waals surface area (Å²) in [6, 6.07) is 16.3. The highest BCUT2D eigenvalue weighted by molar-refractivity contribution is 6.02. The number of nitrogens with one attached hydrogen (secondary N) is 2. The van der Waals surface area contributed by atoms with Gasteiger partial charge in [-0.3, -0.25) is 4.98 Å². The number of rotatable bonds is 6. The van der Waals surface area contributed by atoms with E-state index in [1.54, 1.807) is 6.20 Å². The molecule has 8 nitrogen and oxygen atoms in total. The summed E-state index contributed by atoms with van der Waals surface area (Å²) in [6.07, 6.45) is 12.9. The molecule has 0 spiro atoms. The number of hydrogen-bond acceptors (Lipinski definition) is 8. The van der Waals surface area contributed by atoms with Crippen LogP contribution in [-0.2, 0) is 0 Å². The Balaban J connectivity index is 1.31. The molecular weight excluding hydrogens is 508 g/mol. The van der Waals surface area contributed by atoms with Gasteiger partial charge in [0.2, 0.25) is 0 Å². The van der Waals surface area contributed by atoms with Crippen LogP contribution < -0.4 is 15.5 Å². The number of pyridine rings is 3. The minimum absolute atomic E-state index is 0.0773. The van der Waals surface area contributed by atoms with Gasteiger partial charge in [-0.25, -0.2) is 19.9 Å². The lowest BCUT2D eigenvalue weighted by Crippen LogP contribution is -2.53. The van der Waals surface area contributed by atoms with E-state index >= 15 is 0 Å². The fourth-order valence-electron chi connectivity index (χ4n) is 5.97. The molecule has 2 aliphatic rings. The van der Waals surface area contributed by atoms with E-state index in [0.29, 0.717) is 17.7 Å². The second-order valence-corrected chi connectivity index (χ2v) is 11.5. The topological polar surface area (TPSA) is 91.8 Å². The molecule has 1 aromatic carbocycles. The lowest BCUT2D eigenvalue weighted by molar-refractivity contribution is 0.215. The molecule has 1 aliphatic carbocycles. The maximum absolute atomic E-state index is 5.25. The summed E-state index contributed by atoms with van der Waals surface area (Å²) in [4.78, 5) is 26.5. The van der Waals surface area contributed by atoms with Gasteiger partial charge >= 0.3 is 0 Å². The standard InChI is InChI=1S/C33H32N8/c1-33(2)20-34-15-14-27(33)41(3)32-30-24(21-8-6-9-21)18-35-19-26(30)38-31(40-32)23-13-16-36-29(17-23)39-28-12-11-22-7-4-5-10-25(22)37-28/h4-13,16-19,27,34H,14-15,20H2,1-3H3,(H,36,37,39). The van der Waals surface area contributed by atoms with Crippen LogP contribution in [0.2, 0.25) is 0 Å². The molecule has 0 bridgehead atoms. The fourth-order valence-corrected chi connectivity index (χ4v) is 5.97. The third kappa shape index (κ3) is 4.70. The monoisotopic (exact) mass is 540 g/mol. The summed E-state index contributed by atoms with van der Waals surface area (Å²) in [7, 11) is 2.17. The Kier molecular flexibility index (Phi) is 6.20. The maximum atomic E-state index is 5.25. The van der Waals surface area contributed by atoms with Crippen LogP contribution in [0.4, 0.5) is 17.5 Å². The van der Waals surface area contributed by atoms with Crippen LogP contribution >= 0.6 is 0 Å². The number of aromatic nitrogens is 5. The number of benzene rings is 1. The Bertz CT molecular complexity index is 1840. The van der Waals surface area contributed by atoms with E-state index in [1.165, 1.54) is 0 Å². The molecule has 1 aliphatic heterocycles. The van der Waals surface area contributed by atoms with E-state index in [2.05, 4.69) is 76.8 Å². The highest BCUT2D eigenvalue weighted by atomic mass is 15.2. The number of para-hydroxylation sites is 1. The molecule has 5 aromatic rings. The lowest BCUT2D eigenvalue weighted by atomic mass is 9.79. The van der Waals surface area contributed by atoms with Crippen LogP contribution in [0.15, 0.2) is 85.3 Å². The van der Waals surface area contributed by atoms with E-state index in [4.69, 9.17) is 15.0 Å². The van der Waals surface area contributed by atoms with Gasteiger partial charge in [-0.2, -0.15) is 0 Å². The lowest BCUT2D eigenvalue weighted by Gasteiger charge is -2.45. The van der Waals surface area contributed by atoms with Gasteiger partial charge in [-0.1, -0.05) is 50.3 Å². The molecule has 1 atom stereocenters. The zero-order chi connectivity index (χ0) is 28.0. The second-order valence-electron chi connectivity index (χ2n) is 11.5. The highest BCUT2D eigenvalue weighted by Crippen LogP contribution is 2.39. The molecule has 7 rings (SSSR count). The Labute approximate surface area is 239 Å². The van der Waals surface area contributed by atoms with Gasteiger partial charge < -0.3 is 15.5 Å². The van der Waals surface area contributed by atoms with E-state index in [9.17, 15) is 0 Å². The zero-order valence-corrected chi connectivity index (χ0v) is 23.5. The van der Waals surface area contributed by atoms with Gasteiger partial charge in [-0.05, 0) is 54.3 Å². The summed E-state index contributed by atoms with van der Waals surface area (Å²) in [5.41, 5.74) is 4.91. The smallest absolute Gasteiger partial charge is 0.162 e. The largest absolute Gasteiger partial charge is 0.355 e. The molecule has 8 heteroatoms. The summed E-state index contributed by atoms with van der Waals surface area (Å²) in [5, 5.41) is 9.05. The number of piperidine rings is 1. The Hall–Kier alpha value is -4.69. The molecule has 1 unspecified atom stereocenters. The molecule has 2 N–H and O–H groups in total. The van der Waals surface area contributed by atoms with Gasteiger partial charge in [0, 0.05) is 48.5 Å². The SMILES string of the molecule is CN(c1nc(-c2ccnc(Nc3ccc4ccccc4n3)c2)nc2cncc(C3=CC=C3)c12)C1CCNCC1(C)C. The van der Waals surface area contributed by atoms with Crippen LogP contribution in [-0.4, -0.2) is 51.1 Å². The summed E-state index contributed by atoms with van der Waals surface area (Å²) < 4.78 is 0. The van der Waals surface area contributed by atoms with Crippen molar-refractivity contribution in [2.45, 2.75) is 26.3 Å². The van der Waals surface area contributed by atoms with E-state index in [-0.39, 0.29) is 5.41 Å². The Morgan fingerprint density at radius 3 is 2.68 bits per heavy atom. The molecule has 1 fully saturated rings. The first-order chi connectivity index (χ1) is 20.0. The van der Waals surface area contributed by atoms with Crippen LogP contribution in [0.5, 0.6) is 0 Å². The molecular formula is C33H32N8. The first-order valence-corrected chi connectivity index (χ1v) is 14.0. The van der Waals surface area contributed by atoms with Crippen molar-refractivity contribution in [3.05, 3.63) is 90.9 Å². The van der Waals surface area contributed by atoms with E-state index in [0.717, 1.165) is 69.7 Å². The van der Waals surface area contributed by atoms with Gasteiger partial charge in [-0.15, -0.1) is 0 Å². The predicted octanol–water partition coefficient (Wildman–Crippen LogP) is 6.16. The fraction of sp³-hybridized carbons (Fsp3) is 0.242. The van der Waals surface area contributed by atoms with Crippen molar-refractivity contribution >= 4 is 44.8 Å². The van der Waals surface area contributed by atoms with Crippen molar-refractivity contribution in [1.82, 2.24) is 30.2 Å². The van der Waals surface area contributed by atoms with Crippen LogP contribution in [0, 0.1) is 5.41 Å². The van der Waals surface area contributed by atoms with Crippen molar-refractivity contribution in [3.63, 3.8) is 0 Å². The summed E-state index contributed by atoms with van der Waals surface area (Å²) >= 11 is 0. The highest BCUT2D eigenvalue weighted by Gasteiger charge is 2.36. The Morgan fingerprint density at radius 2 is 1.85 bits per heavy atom. The molecule has 41 heavy (non-hydrogen) atoms. The minimum atomic E-state index is 0.0773. The van der Waals surface area contributed by atoms with Crippen molar-refractivity contribution < 1.29 is 0 Å². The van der Waals surface area contributed by atoms with E-state index in [1.807, 2.05) is 48.8 Å². The summed E-state index contributed by atoms with van der Waals surface area (Å²) in [6.45, 7) is 6.60. The third-order valence-electron chi connectivity index (χ3n) is 8.20. The number of hydrogen-bond donors (Lipinski definition) is 2. The van der Waals surface area contributed by atoms with Crippen LogP contribution in [0.1, 0.15) is 25.8 Å². The number of fused-ring (bicyclic) bond motifs is 2. The van der Waals surface area contributed by atoms with Gasteiger partial charge in [0.15, 0.2) is 5.82 Å². The molecule has 0 amide bonds. The zero-order valence-electron chi connectivity index (χ0n) is 23.5. The Morgan fingerprint density at radius 1 is 0.976 bits per heavy atom. The average molecular weight is 541 g/mol. The maximum Gasteiger partial charge on any atom is 0.162 e. The minimum Gasteiger partial charge on any atom is -0.355 e. The van der Waals surface area contributed by atoms with E-state index < -0.39 is 0 Å². The second kappa shape index (κ2) is 10.1. The van der Waals surface area contributed by atoms with Gasteiger partial charge in [0.05, 0.1) is 22.6 Å².